The van der Waals surface area contributed by atoms with Crippen molar-refractivity contribution in [2.45, 2.75) is 48.1 Å². The maximum atomic E-state index is 12.2. The lowest BCUT2D eigenvalue weighted by molar-refractivity contribution is -0.160. The van der Waals surface area contributed by atoms with Gasteiger partial charge in [-0.2, -0.15) is 0 Å². The number of halogens is 2. The second kappa shape index (κ2) is 5.62. The summed E-state index contributed by atoms with van der Waals surface area (Å²) >= 11 is 6.90. The molecule has 0 aromatic heterocycles. The van der Waals surface area contributed by atoms with Gasteiger partial charge in [-0.3, -0.25) is 4.79 Å². The van der Waals surface area contributed by atoms with Gasteiger partial charge in [-0.15, -0.1) is 0 Å². The molecule has 0 saturated carbocycles. The van der Waals surface area contributed by atoms with E-state index in [2.05, 4.69) is 41.9 Å². The van der Waals surface area contributed by atoms with Crippen LogP contribution in [0.15, 0.2) is 16.9 Å². The molecular weight excluding hydrogens is 408 g/mol. The number of alkyl halides is 2. The largest absolute Gasteiger partial charge is 0.455 e. The van der Waals surface area contributed by atoms with Crippen LogP contribution in [0.1, 0.15) is 20.8 Å². The fourth-order valence-electron chi connectivity index (χ4n) is 2.27. The quantitative estimate of drug-likeness (QED) is 0.171. The molecule has 2 aliphatic rings. The Bertz CT molecular complexity index is 565. The van der Waals surface area contributed by atoms with Crippen LogP contribution in [0.3, 0.4) is 0 Å². The molecule has 0 aliphatic carbocycles. The third kappa shape index (κ3) is 2.95. The third-order valence-corrected chi connectivity index (χ3v) is 5.76. The van der Waals surface area contributed by atoms with Gasteiger partial charge in [0.25, 0.3) is 0 Å². The van der Waals surface area contributed by atoms with E-state index in [-0.39, 0.29) is 15.4 Å². The fourth-order valence-corrected chi connectivity index (χ4v) is 3.51. The summed E-state index contributed by atoms with van der Waals surface area (Å²) in [5.74, 6) is -0.956. The minimum absolute atomic E-state index is 0.156. The number of allylic oxidation sites excluding steroid dienone is 1. The van der Waals surface area contributed by atoms with Crippen molar-refractivity contribution < 1.29 is 14.3 Å². The van der Waals surface area contributed by atoms with Crippen molar-refractivity contribution in [2.75, 3.05) is 0 Å². The van der Waals surface area contributed by atoms with Gasteiger partial charge >= 0.3 is 5.97 Å². The summed E-state index contributed by atoms with van der Waals surface area (Å²) in [5.41, 5.74) is 8.07. The summed E-state index contributed by atoms with van der Waals surface area (Å²) in [6, 6.07) is -1.20. The van der Waals surface area contributed by atoms with E-state index in [1.807, 2.05) is 0 Å². The molecule has 4 atom stereocenters. The van der Waals surface area contributed by atoms with Crippen LogP contribution in [-0.4, -0.2) is 44.1 Å². The van der Waals surface area contributed by atoms with Crippen molar-refractivity contribution in [3.8, 4) is 0 Å². The second-order valence-corrected chi connectivity index (χ2v) is 7.91. The number of amides is 1. The molecule has 0 aromatic rings. The molecule has 21 heavy (non-hydrogen) atoms. The Labute approximate surface area is 138 Å². The first kappa shape index (κ1) is 16.3. The summed E-state index contributed by atoms with van der Waals surface area (Å²) < 4.78 is 5.32. The van der Waals surface area contributed by atoms with Crippen LogP contribution in [0, 0.1) is 0 Å². The van der Waals surface area contributed by atoms with E-state index in [0.29, 0.717) is 0 Å². The summed E-state index contributed by atoms with van der Waals surface area (Å²) in [5, 5.41) is 3.51. The number of carbonyl (C=O) groups excluding carboxylic acids is 2. The van der Waals surface area contributed by atoms with Crippen LogP contribution < -0.4 is 0 Å². The number of azide groups is 1. The number of rotatable bonds is 2. The predicted octanol–water partition coefficient (Wildman–Crippen LogP) is 2.64. The molecule has 1 saturated heterocycles. The van der Waals surface area contributed by atoms with E-state index in [1.54, 1.807) is 26.8 Å². The molecule has 0 aromatic carbocycles. The lowest BCUT2D eigenvalue weighted by Crippen LogP contribution is -2.70. The Morgan fingerprint density at radius 2 is 2.10 bits per heavy atom. The van der Waals surface area contributed by atoms with E-state index in [1.165, 1.54) is 4.90 Å². The first-order valence-electron chi connectivity index (χ1n) is 6.28. The number of ether oxygens (including phenoxy) is 1. The van der Waals surface area contributed by atoms with Crippen molar-refractivity contribution in [1.82, 2.24) is 4.90 Å². The molecule has 0 radical (unpaired) electrons. The van der Waals surface area contributed by atoms with E-state index < -0.39 is 29.6 Å². The zero-order valence-corrected chi connectivity index (χ0v) is 14.8. The van der Waals surface area contributed by atoms with Gasteiger partial charge in [-0.05, 0) is 32.4 Å². The summed E-state index contributed by atoms with van der Waals surface area (Å²) in [7, 11) is 0. The topological polar surface area (TPSA) is 95.4 Å². The van der Waals surface area contributed by atoms with Gasteiger partial charge in [0.05, 0.1) is 10.9 Å². The standard InChI is InChI=1S/C12H14Br2N4O3/c1-12(2,3)21-11(20)6-4-5(13)7(14)9-8(16-17-15)10(19)18(6)9/h4-5,7-9H,1-3H3/t5-,7-,8+,9-/m1/s1. The van der Waals surface area contributed by atoms with Gasteiger partial charge in [0.1, 0.15) is 17.3 Å². The molecule has 0 unspecified atom stereocenters. The molecule has 9 heteroatoms. The third-order valence-electron chi connectivity index (χ3n) is 3.10. The lowest BCUT2D eigenvalue weighted by atomic mass is 9.87. The number of carbonyl (C=O) groups is 2. The Hall–Kier alpha value is -1.05. The maximum absolute atomic E-state index is 12.2. The highest BCUT2D eigenvalue weighted by Gasteiger charge is 2.56. The van der Waals surface area contributed by atoms with Crippen LogP contribution in [0.5, 0.6) is 0 Å². The monoisotopic (exact) mass is 420 g/mol. The predicted molar refractivity (Wildman–Crippen MR) is 82.9 cm³/mol. The van der Waals surface area contributed by atoms with E-state index >= 15 is 0 Å². The van der Waals surface area contributed by atoms with E-state index in [9.17, 15) is 9.59 Å². The van der Waals surface area contributed by atoms with Crippen LogP contribution >= 0.6 is 31.9 Å². The average molecular weight is 422 g/mol. The number of hydrogen-bond donors (Lipinski definition) is 0. The van der Waals surface area contributed by atoms with Crippen LogP contribution in [0.25, 0.3) is 10.4 Å². The Balaban J connectivity index is 2.31. The maximum Gasteiger partial charge on any atom is 0.355 e. The van der Waals surface area contributed by atoms with Gasteiger partial charge < -0.3 is 9.64 Å². The molecule has 114 valence electrons. The summed E-state index contributed by atoms with van der Waals surface area (Å²) in [6.45, 7) is 5.27. The number of nitrogens with zero attached hydrogens (tertiary/aromatic N) is 4. The molecule has 0 N–H and O–H groups in total. The van der Waals surface area contributed by atoms with Gasteiger partial charge in [-0.25, -0.2) is 4.79 Å². The van der Waals surface area contributed by atoms with Crippen LogP contribution in [-0.2, 0) is 14.3 Å². The highest BCUT2D eigenvalue weighted by Crippen LogP contribution is 2.41. The number of β-lactam (4-membered cyclic amide) rings is 1. The zero-order valence-electron chi connectivity index (χ0n) is 11.7. The van der Waals surface area contributed by atoms with Crippen molar-refractivity contribution in [3.05, 3.63) is 22.2 Å². The highest BCUT2D eigenvalue weighted by atomic mass is 79.9. The minimum Gasteiger partial charge on any atom is -0.455 e. The Morgan fingerprint density at radius 1 is 1.48 bits per heavy atom. The summed E-state index contributed by atoms with van der Waals surface area (Å²) in [6.07, 6.45) is 1.63. The Kier molecular flexibility index (Phi) is 4.37. The van der Waals surface area contributed by atoms with Crippen molar-refractivity contribution in [1.29, 1.82) is 0 Å². The molecule has 7 nitrogen and oxygen atoms in total. The first-order chi connectivity index (χ1) is 9.67. The smallest absolute Gasteiger partial charge is 0.355 e. The van der Waals surface area contributed by atoms with Crippen LogP contribution in [0.2, 0.25) is 0 Å². The van der Waals surface area contributed by atoms with Crippen LogP contribution in [0.4, 0.5) is 0 Å². The number of esters is 1. The minimum atomic E-state index is -0.800. The van der Waals surface area contributed by atoms with Crippen molar-refractivity contribution in [3.63, 3.8) is 0 Å². The van der Waals surface area contributed by atoms with E-state index in [0.717, 1.165) is 0 Å². The molecule has 1 amide bonds. The SMILES string of the molecule is CC(C)(C)OC(=O)C1=C[C@@H](Br)[C@@H](Br)[C@@H]2[C@H](N=[N+]=[N-])C(=O)N12. The van der Waals surface area contributed by atoms with Gasteiger partial charge in [-0.1, -0.05) is 37.0 Å². The molecule has 1 fully saturated rings. The molecular formula is C12H14Br2N4O3. The average Bonchev–Trinajstić information content (AvgIpc) is 2.36. The van der Waals surface area contributed by atoms with Crippen molar-refractivity contribution >= 4 is 43.7 Å². The second-order valence-electron chi connectivity index (χ2n) is 5.79. The van der Waals surface area contributed by atoms with Gasteiger partial charge in [0.15, 0.2) is 0 Å². The normalized spacial score (nSPS) is 31.6. The fraction of sp³-hybridized carbons (Fsp3) is 0.667. The zero-order chi connectivity index (χ0) is 15.9. The molecule has 0 spiro atoms. The van der Waals surface area contributed by atoms with E-state index in [4.69, 9.17) is 10.3 Å². The molecule has 2 heterocycles. The van der Waals surface area contributed by atoms with Gasteiger partial charge in [0.2, 0.25) is 5.91 Å². The summed E-state index contributed by atoms with van der Waals surface area (Å²) in [4.78, 5) is 28.0. The van der Waals surface area contributed by atoms with Crippen molar-refractivity contribution in [2.24, 2.45) is 5.11 Å². The Morgan fingerprint density at radius 3 is 2.62 bits per heavy atom. The highest BCUT2D eigenvalue weighted by molar-refractivity contribution is 9.12. The number of hydrogen-bond acceptors (Lipinski definition) is 4. The van der Waals surface area contributed by atoms with Gasteiger partial charge in [0, 0.05) is 9.74 Å². The first-order valence-corrected chi connectivity index (χ1v) is 8.11. The molecule has 0 bridgehead atoms. The number of fused-ring (bicyclic) bond motifs is 1. The molecule has 2 rings (SSSR count). The lowest BCUT2D eigenvalue weighted by Gasteiger charge is -2.51. The molecule has 2 aliphatic heterocycles.